The highest BCUT2D eigenvalue weighted by molar-refractivity contribution is 7.92. The summed E-state index contributed by atoms with van der Waals surface area (Å²) in [4.78, 5) is 7.30. The van der Waals surface area contributed by atoms with Gasteiger partial charge < -0.3 is 4.98 Å². The number of hydrogen-bond acceptors (Lipinski definition) is 3. The van der Waals surface area contributed by atoms with Crippen molar-refractivity contribution in [1.29, 1.82) is 0 Å². The van der Waals surface area contributed by atoms with E-state index in [0.717, 1.165) is 17.0 Å². The number of H-pyrrole nitrogens is 1. The summed E-state index contributed by atoms with van der Waals surface area (Å²) in [6.07, 6.45) is 1.62. The molecule has 0 amide bonds. The van der Waals surface area contributed by atoms with Crippen molar-refractivity contribution in [3.63, 3.8) is 0 Å². The van der Waals surface area contributed by atoms with Crippen LogP contribution in [0.2, 0.25) is 5.02 Å². The molecule has 2 N–H and O–H groups in total. The highest BCUT2D eigenvalue weighted by Gasteiger charge is 2.17. The lowest BCUT2D eigenvalue weighted by Gasteiger charge is -2.10. The predicted octanol–water partition coefficient (Wildman–Crippen LogP) is 3.84. The zero-order chi connectivity index (χ0) is 16.4. The van der Waals surface area contributed by atoms with Gasteiger partial charge in [0, 0.05) is 16.9 Å². The molecule has 118 valence electrons. The van der Waals surface area contributed by atoms with Gasteiger partial charge >= 0.3 is 0 Å². The molecule has 0 saturated heterocycles. The fourth-order valence-corrected chi connectivity index (χ4v) is 3.80. The number of halogens is 1. The summed E-state index contributed by atoms with van der Waals surface area (Å²) in [7, 11) is -3.72. The van der Waals surface area contributed by atoms with Crippen LogP contribution in [0.25, 0.3) is 11.3 Å². The van der Waals surface area contributed by atoms with Crippen LogP contribution in [0.5, 0.6) is 0 Å². The Kier molecular flexibility index (Phi) is 4.11. The summed E-state index contributed by atoms with van der Waals surface area (Å²) in [5.74, 6) is 0. The van der Waals surface area contributed by atoms with E-state index in [9.17, 15) is 8.42 Å². The Hall–Kier alpha value is -2.31. The minimum atomic E-state index is -3.72. The summed E-state index contributed by atoms with van der Waals surface area (Å²) in [6.45, 7) is 1.93. The molecule has 1 aromatic heterocycles. The van der Waals surface area contributed by atoms with Crippen LogP contribution in [0, 0.1) is 6.92 Å². The number of rotatable bonds is 4. The van der Waals surface area contributed by atoms with Gasteiger partial charge in [0.15, 0.2) is 0 Å². The minimum Gasteiger partial charge on any atom is -0.348 e. The monoisotopic (exact) mass is 347 g/mol. The number of aryl methyl sites for hydroxylation is 1. The van der Waals surface area contributed by atoms with Gasteiger partial charge in [0.25, 0.3) is 10.0 Å². The fourth-order valence-electron chi connectivity index (χ4n) is 2.22. The van der Waals surface area contributed by atoms with E-state index in [2.05, 4.69) is 14.7 Å². The van der Waals surface area contributed by atoms with E-state index in [1.807, 2.05) is 19.1 Å². The summed E-state index contributed by atoms with van der Waals surface area (Å²) in [5.41, 5.74) is 3.16. The number of aromatic amines is 1. The van der Waals surface area contributed by atoms with Crippen LogP contribution in [0.3, 0.4) is 0 Å². The van der Waals surface area contributed by atoms with Crippen molar-refractivity contribution in [3.05, 3.63) is 65.6 Å². The van der Waals surface area contributed by atoms with Crippen LogP contribution < -0.4 is 4.72 Å². The van der Waals surface area contributed by atoms with Crippen LogP contribution in [0.1, 0.15) is 5.69 Å². The van der Waals surface area contributed by atoms with Crippen LogP contribution in [0.4, 0.5) is 5.69 Å². The second kappa shape index (κ2) is 6.06. The van der Waals surface area contributed by atoms with Gasteiger partial charge in [-0.05, 0) is 31.2 Å². The Morgan fingerprint density at radius 3 is 2.39 bits per heavy atom. The molecule has 0 bridgehead atoms. The molecule has 0 aliphatic rings. The van der Waals surface area contributed by atoms with Gasteiger partial charge in [-0.25, -0.2) is 13.4 Å². The highest BCUT2D eigenvalue weighted by atomic mass is 35.5. The summed E-state index contributed by atoms with van der Waals surface area (Å²) < 4.78 is 27.3. The van der Waals surface area contributed by atoms with Crippen molar-refractivity contribution in [2.75, 3.05) is 4.72 Å². The molecule has 2 aromatic carbocycles. The average molecular weight is 348 g/mol. The Balaban J connectivity index is 1.87. The molecule has 1 heterocycles. The Labute approximate surface area is 139 Å². The zero-order valence-electron chi connectivity index (χ0n) is 12.2. The molecule has 0 aliphatic heterocycles. The lowest BCUT2D eigenvalue weighted by molar-refractivity contribution is 0.601. The van der Waals surface area contributed by atoms with Gasteiger partial charge in [0.05, 0.1) is 17.0 Å². The van der Waals surface area contributed by atoms with Crippen molar-refractivity contribution in [2.45, 2.75) is 11.8 Å². The first-order chi connectivity index (χ1) is 11.0. The van der Waals surface area contributed by atoms with Gasteiger partial charge in [-0.2, -0.15) is 0 Å². The van der Waals surface area contributed by atoms with E-state index in [4.69, 9.17) is 11.6 Å². The van der Waals surface area contributed by atoms with E-state index in [1.165, 1.54) is 6.07 Å². The second-order valence-electron chi connectivity index (χ2n) is 4.99. The van der Waals surface area contributed by atoms with Crippen LogP contribution in [-0.2, 0) is 10.0 Å². The minimum absolute atomic E-state index is 0.0499. The first-order valence-electron chi connectivity index (χ1n) is 6.85. The molecule has 0 saturated carbocycles. The van der Waals surface area contributed by atoms with Crippen LogP contribution >= 0.6 is 11.6 Å². The number of hydrogen-bond donors (Lipinski definition) is 2. The summed E-state index contributed by atoms with van der Waals surface area (Å²) in [6, 6.07) is 13.3. The van der Waals surface area contributed by atoms with Crippen molar-refractivity contribution < 1.29 is 8.42 Å². The van der Waals surface area contributed by atoms with Gasteiger partial charge in [0.2, 0.25) is 0 Å². The average Bonchev–Trinajstić information content (AvgIpc) is 2.94. The molecule has 3 aromatic rings. The number of imidazole rings is 1. The summed E-state index contributed by atoms with van der Waals surface area (Å²) >= 11 is 5.95. The molecular weight excluding hydrogens is 334 g/mol. The number of benzene rings is 2. The molecule has 0 unspecified atom stereocenters. The van der Waals surface area contributed by atoms with E-state index in [1.54, 1.807) is 36.7 Å². The first-order valence-corrected chi connectivity index (χ1v) is 8.71. The lowest BCUT2D eigenvalue weighted by Crippen LogP contribution is -2.13. The number of nitrogens with one attached hydrogen (secondary N) is 2. The molecule has 0 spiro atoms. The topological polar surface area (TPSA) is 74.8 Å². The molecule has 0 fully saturated rings. The highest BCUT2D eigenvalue weighted by Crippen LogP contribution is 2.25. The third kappa shape index (κ3) is 3.23. The van der Waals surface area contributed by atoms with Crippen molar-refractivity contribution in [1.82, 2.24) is 9.97 Å². The predicted molar refractivity (Wildman–Crippen MR) is 91.0 cm³/mol. The molecule has 23 heavy (non-hydrogen) atoms. The van der Waals surface area contributed by atoms with E-state index in [0.29, 0.717) is 5.69 Å². The number of aromatic nitrogens is 2. The molecule has 3 rings (SSSR count). The molecule has 0 aliphatic carbocycles. The third-order valence-electron chi connectivity index (χ3n) is 3.37. The standard InChI is InChI=1S/C16H14ClN3O2S/c1-11-16(19-10-18-11)12-6-8-13(9-7-12)20-23(21,22)15-5-3-2-4-14(15)17/h2-10,20H,1H3,(H,18,19). The molecular formula is C16H14ClN3O2S. The molecule has 5 nitrogen and oxygen atoms in total. The Bertz CT molecular complexity index is 934. The van der Waals surface area contributed by atoms with Gasteiger partial charge in [-0.1, -0.05) is 35.9 Å². The maximum atomic E-state index is 12.4. The smallest absolute Gasteiger partial charge is 0.263 e. The Morgan fingerprint density at radius 2 is 1.78 bits per heavy atom. The normalized spacial score (nSPS) is 11.4. The molecule has 0 radical (unpaired) electrons. The Morgan fingerprint density at radius 1 is 1.09 bits per heavy atom. The maximum absolute atomic E-state index is 12.4. The van der Waals surface area contributed by atoms with E-state index >= 15 is 0 Å². The first kappa shape index (κ1) is 15.6. The van der Waals surface area contributed by atoms with Gasteiger partial charge in [-0.3, -0.25) is 4.72 Å². The third-order valence-corrected chi connectivity index (χ3v) is 5.25. The largest absolute Gasteiger partial charge is 0.348 e. The number of sulfonamides is 1. The van der Waals surface area contributed by atoms with Crippen molar-refractivity contribution in [3.8, 4) is 11.3 Å². The quantitative estimate of drug-likeness (QED) is 0.753. The SMILES string of the molecule is Cc1[nH]cnc1-c1ccc(NS(=O)(=O)c2ccccc2Cl)cc1. The van der Waals surface area contributed by atoms with E-state index < -0.39 is 10.0 Å². The van der Waals surface area contributed by atoms with Gasteiger partial charge in [-0.15, -0.1) is 0 Å². The number of nitrogens with zero attached hydrogens (tertiary/aromatic N) is 1. The second-order valence-corrected chi connectivity index (χ2v) is 7.05. The fraction of sp³-hybridized carbons (Fsp3) is 0.0625. The molecule has 7 heteroatoms. The zero-order valence-corrected chi connectivity index (χ0v) is 13.8. The summed E-state index contributed by atoms with van der Waals surface area (Å²) in [5, 5.41) is 0.184. The van der Waals surface area contributed by atoms with Crippen LogP contribution in [0.15, 0.2) is 59.8 Å². The van der Waals surface area contributed by atoms with E-state index in [-0.39, 0.29) is 9.92 Å². The molecule has 0 atom stereocenters. The van der Waals surface area contributed by atoms with Gasteiger partial charge in [0.1, 0.15) is 4.90 Å². The van der Waals surface area contributed by atoms with Crippen molar-refractivity contribution in [2.24, 2.45) is 0 Å². The van der Waals surface area contributed by atoms with Crippen molar-refractivity contribution >= 4 is 27.3 Å². The number of anilines is 1. The van der Waals surface area contributed by atoms with Crippen LogP contribution in [-0.4, -0.2) is 18.4 Å². The lowest BCUT2D eigenvalue weighted by atomic mass is 10.1. The maximum Gasteiger partial charge on any atom is 0.263 e.